The van der Waals surface area contributed by atoms with Crippen molar-refractivity contribution in [3.63, 3.8) is 0 Å². The Balaban J connectivity index is 1.76. The lowest BCUT2D eigenvalue weighted by molar-refractivity contribution is 0.774. The van der Waals surface area contributed by atoms with Gasteiger partial charge >= 0.3 is 0 Å². The summed E-state index contributed by atoms with van der Waals surface area (Å²) in [7, 11) is 0. The number of rotatable bonds is 2. The summed E-state index contributed by atoms with van der Waals surface area (Å²) in [4.78, 5) is 0. The third kappa shape index (κ3) is 2.76. The van der Waals surface area contributed by atoms with E-state index >= 15 is 0 Å². The SMILES string of the molecule is Cc1cc(C)cc(NC2Cc3ccc(Cl)cc3C2)c1. The molecule has 0 spiro atoms. The van der Waals surface area contributed by atoms with Crippen molar-refractivity contribution in [1.29, 1.82) is 0 Å². The lowest BCUT2D eigenvalue weighted by Crippen LogP contribution is -2.19. The average Bonchev–Trinajstić information content (AvgIpc) is 2.68. The van der Waals surface area contributed by atoms with Crippen molar-refractivity contribution in [3.8, 4) is 0 Å². The number of hydrogen-bond acceptors (Lipinski definition) is 1. The van der Waals surface area contributed by atoms with E-state index in [-0.39, 0.29) is 0 Å². The maximum absolute atomic E-state index is 6.05. The molecule has 1 aliphatic carbocycles. The van der Waals surface area contributed by atoms with Crippen LogP contribution >= 0.6 is 11.6 Å². The molecule has 2 aromatic carbocycles. The molecule has 0 aromatic heterocycles. The molecule has 3 rings (SSSR count). The van der Waals surface area contributed by atoms with Gasteiger partial charge in [-0.1, -0.05) is 23.7 Å². The largest absolute Gasteiger partial charge is 0.382 e. The molecule has 1 aliphatic rings. The summed E-state index contributed by atoms with van der Waals surface area (Å²) < 4.78 is 0. The molecule has 0 bridgehead atoms. The van der Waals surface area contributed by atoms with Gasteiger partial charge in [0.25, 0.3) is 0 Å². The molecule has 0 fully saturated rings. The van der Waals surface area contributed by atoms with Crippen molar-refractivity contribution in [1.82, 2.24) is 0 Å². The highest BCUT2D eigenvalue weighted by atomic mass is 35.5. The van der Waals surface area contributed by atoms with Crippen LogP contribution in [0, 0.1) is 13.8 Å². The van der Waals surface area contributed by atoms with Gasteiger partial charge in [-0.25, -0.2) is 0 Å². The lowest BCUT2D eigenvalue weighted by Gasteiger charge is -2.14. The van der Waals surface area contributed by atoms with E-state index in [0.717, 1.165) is 17.9 Å². The maximum atomic E-state index is 6.05. The summed E-state index contributed by atoms with van der Waals surface area (Å²) in [5.74, 6) is 0. The Kier molecular flexibility index (Phi) is 3.24. The zero-order valence-electron chi connectivity index (χ0n) is 11.3. The van der Waals surface area contributed by atoms with Crippen LogP contribution in [0.5, 0.6) is 0 Å². The first-order valence-corrected chi connectivity index (χ1v) is 7.10. The summed E-state index contributed by atoms with van der Waals surface area (Å²) in [6, 6.07) is 13.3. The van der Waals surface area contributed by atoms with Crippen LogP contribution in [-0.4, -0.2) is 6.04 Å². The highest BCUT2D eigenvalue weighted by Crippen LogP contribution is 2.27. The highest BCUT2D eigenvalue weighted by Gasteiger charge is 2.21. The van der Waals surface area contributed by atoms with E-state index in [2.05, 4.69) is 49.5 Å². The van der Waals surface area contributed by atoms with Crippen LogP contribution < -0.4 is 5.32 Å². The van der Waals surface area contributed by atoms with Crippen LogP contribution in [0.25, 0.3) is 0 Å². The predicted molar refractivity (Wildman–Crippen MR) is 82.2 cm³/mol. The number of nitrogens with one attached hydrogen (secondary N) is 1. The number of halogens is 1. The minimum Gasteiger partial charge on any atom is -0.382 e. The number of aryl methyl sites for hydroxylation is 2. The van der Waals surface area contributed by atoms with E-state index < -0.39 is 0 Å². The first kappa shape index (κ1) is 12.6. The van der Waals surface area contributed by atoms with Crippen LogP contribution in [-0.2, 0) is 12.8 Å². The molecule has 1 nitrogen and oxygen atoms in total. The van der Waals surface area contributed by atoms with Crippen molar-refractivity contribution in [2.75, 3.05) is 5.32 Å². The molecular formula is C17H18ClN. The molecule has 0 aliphatic heterocycles. The van der Waals surface area contributed by atoms with Crippen LogP contribution in [0.1, 0.15) is 22.3 Å². The molecule has 2 aromatic rings. The Bertz CT molecular complexity index is 598. The number of hydrogen-bond donors (Lipinski definition) is 1. The Morgan fingerprint density at radius 3 is 2.37 bits per heavy atom. The Morgan fingerprint density at radius 1 is 0.947 bits per heavy atom. The molecule has 0 radical (unpaired) electrons. The van der Waals surface area contributed by atoms with E-state index in [1.807, 2.05) is 6.07 Å². The van der Waals surface area contributed by atoms with Gasteiger partial charge in [-0.2, -0.15) is 0 Å². The van der Waals surface area contributed by atoms with Gasteiger partial charge in [-0.05, 0) is 73.2 Å². The van der Waals surface area contributed by atoms with E-state index in [1.165, 1.54) is 27.9 Å². The molecule has 1 N–H and O–H groups in total. The molecule has 0 amide bonds. The Morgan fingerprint density at radius 2 is 1.63 bits per heavy atom. The lowest BCUT2D eigenvalue weighted by atomic mass is 10.1. The maximum Gasteiger partial charge on any atom is 0.0408 e. The smallest absolute Gasteiger partial charge is 0.0408 e. The topological polar surface area (TPSA) is 12.0 Å². The van der Waals surface area contributed by atoms with E-state index in [1.54, 1.807) is 0 Å². The Labute approximate surface area is 119 Å². The van der Waals surface area contributed by atoms with Gasteiger partial charge in [0.05, 0.1) is 0 Å². The fourth-order valence-corrected chi connectivity index (χ4v) is 3.18. The molecule has 0 heterocycles. The molecule has 1 unspecified atom stereocenters. The van der Waals surface area contributed by atoms with E-state index in [4.69, 9.17) is 11.6 Å². The van der Waals surface area contributed by atoms with E-state index in [0.29, 0.717) is 6.04 Å². The zero-order valence-corrected chi connectivity index (χ0v) is 12.1. The zero-order chi connectivity index (χ0) is 13.4. The van der Waals surface area contributed by atoms with Crippen LogP contribution in [0.2, 0.25) is 5.02 Å². The molecule has 19 heavy (non-hydrogen) atoms. The number of fused-ring (bicyclic) bond motifs is 1. The second-order valence-electron chi connectivity index (χ2n) is 5.54. The summed E-state index contributed by atoms with van der Waals surface area (Å²) in [6.45, 7) is 4.28. The fourth-order valence-electron chi connectivity index (χ4n) is 2.98. The Hall–Kier alpha value is -1.47. The number of anilines is 1. The minimum absolute atomic E-state index is 0.481. The standard InChI is InChI=1S/C17H18ClN/c1-11-5-12(2)7-16(6-11)19-17-9-13-3-4-15(18)8-14(13)10-17/h3-8,17,19H,9-10H2,1-2H3. The van der Waals surface area contributed by atoms with E-state index in [9.17, 15) is 0 Å². The van der Waals surface area contributed by atoms with Gasteiger partial charge < -0.3 is 5.32 Å². The van der Waals surface area contributed by atoms with Gasteiger partial charge in [0.2, 0.25) is 0 Å². The minimum atomic E-state index is 0.481. The summed E-state index contributed by atoms with van der Waals surface area (Å²) in [6.07, 6.45) is 2.14. The average molecular weight is 272 g/mol. The van der Waals surface area contributed by atoms with Crippen molar-refractivity contribution in [3.05, 3.63) is 63.7 Å². The van der Waals surface area contributed by atoms with Gasteiger partial charge in [0, 0.05) is 16.8 Å². The monoisotopic (exact) mass is 271 g/mol. The first-order chi connectivity index (χ1) is 9.10. The summed E-state index contributed by atoms with van der Waals surface area (Å²) >= 11 is 6.05. The van der Waals surface area contributed by atoms with Gasteiger partial charge in [0.1, 0.15) is 0 Å². The third-order valence-electron chi connectivity index (χ3n) is 3.69. The van der Waals surface area contributed by atoms with Crippen LogP contribution in [0.4, 0.5) is 5.69 Å². The van der Waals surface area contributed by atoms with Crippen LogP contribution in [0.15, 0.2) is 36.4 Å². The predicted octanol–water partition coefficient (Wildman–Crippen LogP) is 4.54. The van der Waals surface area contributed by atoms with Crippen molar-refractivity contribution < 1.29 is 0 Å². The van der Waals surface area contributed by atoms with Crippen molar-refractivity contribution in [2.45, 2.75) is 32.7 Å². The molecule has 0 saturated carbocycles. The van der Waals surface area contributed by atoms with Gasteiger partial charge in [-0.15, -0.1) is 0 Å². The number of benzene rings is 2. The second-order valence-corrected chi connectivity index (χ2v) is 5.98. The second kappa shape index (κ2) is 4.90. The third-order valence-corrected chi connectivity index (χ3v) is 3.93. The molecule has 0 saturated heterocycles. The molecule has 2 heteroatoms. The molecular weight excluding hydrogens is 254 g/mol. The molecule has 1 atom stereocenters. The van der Waals surface area contributed by atoms with Crippen molar-refractivity contribution in [2.24, 2.45) is 0 Å². The summed E-state index contributed by atoms with van der Waals surface area (Å²) in [5.41, 5.74) is 6.64. The van der Waals surface area contributed by atoms with Gasteiger partial charge in [0.15, 0.2) is 0 Å². The molecule has 98 valence electrons. The quantitative estimate of drug-likeness (QED) is 0.846. The fraction of sp³-hybridized carbons (Fsp3) is 0.294. The normalized spacial score (nSPS) is 17.3. The first-order valence-electron chi connectivity index (χ1n) is 6.72. The van der Waals surface area contributed by atoms with Gasteiger partial charge in [-0.3, -0.25) is 0 Å². The van der Waals surface area contributed by atoms with Crippen molar-refractivity contribution >= 4 is 17.3 Å². The summed E-state index contributed by atoms with van der Waals surface area (Å²) in [5, 5.41) is 4.48. The van der Waals surface area contributed by atoms with Crippen LogP contribution in [0.3, 0.4) is 0 Å². The highest BCUT2D eigenvalue weighted by molar-refractivity contribution is 6.30.